The van der Waals surface area contributed by atoms with Gasteiger partial charge in [-0.15, -0.1) is 0 Å². The molecule has 1 saturated carbocycles. The van der Waals surface area contributed by atoms with Gasteiger partial charge in [0.1, 0.15) is 11.5 Å². The number of carboxylic acids is 1. The smallest absolute Gasteiger partial charge is 0.419 e. The Morgan fingerprint density at radius 1 is 1.17 bits per heavy atom. The maximum absolute atomic E-state index is 14.1. The van der Waals surface area contributed by atoms with Crippen molar-refractivity contribution in [2.45, 2.75) is 44.3 Å². The number of pyridine rings is 1. The maximum atomic E-state index is 14.1. The molecular weight excluding hydrogens is 388 g/mol. The second-order valence-corrected chi connectivity index (χ2v) is 7.77. The molecule has 1 aromatic carbocycles. The molecule has 1 unspecified atom stereocenters. The van der Waals surface area contributed by atoms with Crippen LogP contribution >= 0.6 is 0 Å². The van der Waals surface area contributed by atoms with Crippen molar-refractivity contribution in [1.29, 1.82) is 0 Å². The van der Waals surface area contributed by atoms with Gasteiger partial charge in [-0.1, -0.05) is 12.8 Å². The number of hydrogen-bond donors (Lipinski definition) is 1. The lowest BCUT2D eigenvalue weighted by molar-refractivity contribution is -0.139. The van der Waals surface area contributed by atoms with Gasteiger partial charge in [-0.2, -0.15) is 13.2 Å². The number of aromatic nitrogens is 1. The summed E-state index contributed by atoms with van der Waals surface area (Å²) in [4.78, 5) is 17.2. The number of fused-ring (bicyclic) bond motifs is 1. The van der Waals surface area contributed by atoms with E-state index in [2.05, 4.69) is 4.98 Å². The summed E-state index contributed by atoms with van der Waals surface area (Å²) in [5.74, 6) is -1.99. The first-order valence-electron chi connectivity index (χ1n) is 9.58. The molecule has 4 rings (SSSR count). The van der Waals surface area contributed by atoms with E-state index >= 15 is 0 Å². The first-order chi connectivity index (χ1) is 13.7. The Kier molecular flexibility index (Phi) is 4.96. The third kappa shape index (κ3) is 3.80. The Bertz CT molecular complexity index is 939. The zero-order valence-corrected chi connectivity index (χ0v) is 15.5. The lowest BCUT2D eigenvalue weighted by Crippen LogP contribution is -2.36. The minimum absolute atomic E-state index is 0.0132. The Balaban J connectivity index is 1.70. The van der Waals surface area contributed by atoms with Crippen molar-refractivity contribution in [1.82, 2.24) is 4.98 Å². The molecule has 0 saturated heterocycles. The normalized spacial score (nSPS) is 20.0. The summed E-state index contributed by atoms with van der Waals surface area (Å²) < 4.78 is 52.8. The summed E-state index contributed by atoms with van der Waals surface area (Å²) in [5.41, 5.74) is 0.859. The summed E-state index contributed by atoms with van der Waals surface area (Å²) in [7, 11) is 0. The molecule has 1 fully saturated rings. The van der Waals surface area contributed by atoms with Crippen molar-refractivity contribution < 1.29 is 27.5 Å². The standard InChI is InChI=1S/C21H20F4N2O2/c22-18-7-14(5-6-17(18)21(23,24)25)27-10-13-9-26-19(20(28)29)8-15(13)16(11-27)12-3-1-2-4-12/h5-9,12,16H,1-4,10-11H2,(H,28,29). The lowest BCUT2D eigenvalue weighted by atomic mass is 9.80. The van der Waals surface area contributed by atoms with Crippen molar-refractivity contribution in [3.63, 3.8) is 0 Å². The van der Waals surface area contributed by atoms with Gasteiger partial charge in [0, 0.05) is 30.9 Å². The van der Waals surface area contributed by atoms with Gasteiger partial charge in [0.15, 0.2) is 0 Å². The van der Waals surface area contributed by atoms with E-state index in [1.807, 2.05) is 4.90 Å². The molecule has 2 heterocycles. The SMILES string of the molecule is O=C(O)c1cc2c(cn1)CN(c1ccc(C(F)(F)F)c(F)c1)CC2C1CCCC1. The van der Waals surface area contributed by atoms with Crippen LogP contribution < -0.4 is 4.90 Å². The first-order valence-corrected chi connectivity index (χ1v) is 9.58. The van der Waals surface area contributed by atoms with Crippen LogP contribution in [0.5, 0.6) is 0 Å². The molecule has 2 aliphatic rings. The monoisotopic (exact) mass is 408 g/mol. The van der Waals surface area contributed by atoms with Crippen LogP contribution in [0.3, 0.4) is 0 Å². The highest BCUT2D eigenvalue weighted by atomic mass is 19.4. The van der Waals surface area contributed by atoms with Gasteiger partial charge >= 0.3 is 12.1 Å². The molecule has 2 aromatic rings. The molecular formula is C21H20F4N2O2. The molecule has 0 spiro atoms. The van der Waals surface area contributed by atoms with Crippen LogP contribution in [0.2, 0.25) is 0 Å². The highest BCUT2D eigenvalue weighted by Crippen LogP contribution is 2.43. The van der Waals surface area contributed by atoms with Crippen LogP contribution in [-0.2, 0) is 12.7 Å². The average Bonchev–Trinajstić information content (AvgIpc) is 3.20. The molecule has 8 heteroatoms. The highest BCUT2D eigenvalue weighted by molar-refractivity contribution is 5.85. The number of hydrogen-bond acceptors (Lipinski definition) is 3. The van der Waals surface area contributed by atoms with E-state index in [0.29, 0.717) is 24.7 Å². The third-order valence-electron chi connectivity index (χ3n) is 6.01. The summed E-state index contributed by atoms with van der Waals surface area (Å²) in [6.45, 7) is 0.849. The van der Waals surface area contributed by atoms with E-state index < -0.39 is 23.5 Å². The molecule has 0 bridgehead atoms. The first kappa shape index (κ1) is 19.7. The van der Waals surface area contributed by atoms with Crippen LogP contribution in [0.25, 0.3) is 0 Å². The number of carbonyl (C=O) groups is 1. The minimum Gasteiger partial charge on any atom is -0.477 e. The fraction of sp³-hybridized carbons (Fsp3) is 0.429. The Hall–Kier alpha value is -2.64. The number of carboxylic acid groups (broad SMARTS) is 1. The molecule has 29 heavy (non-hydrogen) atoms. The number of alkyl halides is 3. The summed E-state index contributed by atoms with van der Waals surface area (Å²) in [6, 6.07) is 4.61. The van der Waals surface area contributed by atoms with Gasteiger partial charge in [-0.25, -0.2) is 14.2 Å². The van der Waals surface area contributed by atoms with Gasteiger partial charge in [-0.05, 0) is 54.2 Å². The van der Waals surface area contributed by atoms with Crippen LogP contribution in [0, 0.1) is 11.7 Å². The molecule has 1 aliphatic heterocycles. The van der Waals surface area contributed by atoms with Crippen LogP contribution in [0.4, 0.5) is 23.2 Å². The van der Waals surface area contributed by atoms with Gasteiger partial charge in [0.25, 0.3) is 0 Å². The van der Waals surface area contributed by atoms with E-state index in [4.69, 9.17) is 0 Å². The van der Waals surface area contributed by atoms with Crippen molar-refractivity contribution in [3.05, 3.63) is 58.7 Å². The minimum atomic E-state index is -4.74. The molecule has 1 atom stereocenters. The predicted molar refractivity (Wildman–Crippen MR) is 98.3 cm³/mol. The van der Waals surface area contributed by atoms with Gasteiger partial charge < -0.3 is 10.0 Å². The fourth-order valence-corrected chi connectivity index (χ4v) is 4.59. The van der Waals surface area contributed by atoms with Crippen molar-refractivity contribution in [3.8, 4) is 0 Å². The van der Waals surface area contributed by atoms with Gasteiger partial charge in [-0.3, -0.25) is 0 Å². The summed E-state index contributed by atoms with van der Waals surface area (Å²) in [5, 5.41) is 9.28. The van der Waals surface area contributed by atoms with E-state index in [1.165, 1.54) is 12.3 Å². The zero-order chi connectivity index (χ0) is 20.8. The third-order valence-corrected chi connectivity index (χ3v) is 6.01. The number of nitrogens with zero attached hydrogens (tertiary/aromatic N) is 2. The van der Waals surface area contributed by atoms with Crippen molar-refractivity contribution in [2.75, 3.05) is 11.4 Å². The molecule has 0 amide bonds. The topological polar surface area (TPSA) is 53.4 Å². The fourth-order valence-electron chi connectivity index (χ4n) is 4.59. The lowest BCUT2D eigenvalue weighted by Gasteiger charge is -2.39. The quantitative estimate of drug-likeness (QED) is 0.707. The van der Waals surface area contributed by atoms with Gasteiger partial charge in [0.2, 0.25) is 0 Å². The number of aromatic carboxylic acids is 1. The number of benzene rings is 1. The van der Waals surface area contributed by atoms with E-state index in [9.17, 15) is 27.5 Å². The highest BCUT2D eigenvalue weighted by Gasteiger charge is 2.36. The number of anilines is 1. The van der Waals surface area contributed by atoms with Crippen molar-refractivity contribution in [2.24, 2.45) is 5.92 Å². The Morgan fingerprint density at radius 2 is 1.90 bits per heavy atom. The second kappa shape index (κ2) is 7.31. The molecule has 0 radical (unpaired) electrons. The van der Waals surface area contributed by atoms with Crippen molar-refractivity contribution >= 4 is 11.7 Å². The largest absolute Gasteiger partial charge is 0.477 e. The van der Waals surface area contributed by atoms with Gasteiger partial charge in [0.05, 0.1) is 5.56 Å². The Morgan fingerprint density at radius 3 is 2.52 bits per heavy atom. The molecule has 1 aromatic heterocycles. The number of rotatable bonds is 3. The predicted octanol–water partition coefficient (Wildman–Crippen LogP) is 5.23. The van der Waals surface area contributed by atoms with E-state index in [1.54, 1.807) is 6.07 Å². The molecule has 1 aliphatic carbocycles. The van der Waals surface area contributed by atoms with Crippen LogP contribution in [0.15, 0.2) is 30.5 Å². The molecule has 1 N–H and O–H groups in total. The van der Waals surface area contributed by atoms with Crippen LogP contribution in [-0.4, -0.2) is 22.6 Å². The maximum Gasteiger partial charge on any atom is 0.419 e. The average molecular weight is 408 g/mol. The second-order valence-electron chi connectivity index (χ2n) is 7.77. The Labute approximate surface area is 165 Å². The molecule has 154 valence electrons. The molecule has 4 nitrogen and oxygen atoms in total. The van der Waals surface area contributed by atoms with E-state index in [0.717, 1.165) is 48.9 Å². The summed E-state index contributed by atoms with van der Waals surface area (Å²) >= 11 is 0. The number of halogens is 4. The summed E-state index contributed by atoms with van der Waals surface area (Å²) in [6.07, 6.45) is 1.02. The van der Waals surface area contributed by atoms with E-state index in [-0.39, 0.29) is 11.6 Å². The van der Waals surface area contributed by atoms with Crippen LogP contribution in [0.1, 0.15) is 58.8 Å². The zero-order valence-electron chi connectivity index (χ0n) is 15.5.